The average molecular weight is 354 g/mol. The number of aliphatic hydroxyl groups is 1. The van der Waals surface area contributed by atoms with Crippen molar-refractivity contribution in [2.45, 2.75) is 44.9 Å². The number of rotatable bonds is 5. The van der Waals surface area contributed by atoms with Gasteiger partial charge in [-0.05, 0) is 50.9 Å². The predicted molar refractivity (Wildman–Crippen MR) is 103 cm³/mol. The maximum atomic E-state index is 10.5. The topological polar surface area (TPSA) is 55.4 Å². The van der Waals surface area contributed by atoms with Gasteiger partial charge in [0, 0.05) is 37.3 Å². The SMILES string of the molecule is Cc1cc(C[C@@H]2CN(C3CCN(Cc4ccccc4)CC3)C[C@H]2O)n[nH]1. The lowest BCUT2D eigenvalue weighted by Gasteiger charge is -2.36. The van der Waals surface area contributed by atoms with Crippen LogP contribution in [-0.2, 0) is 13.0 Å². The Morgan fingerprint density at radius 3 is 2.62 bits per heavy atom. The summed E-state index contributed by atoms with van der Waals surface area (Å²) in [6.07, 6.45) is 3.05. The molecule has 1 aromatic carbocycles. The van der Waals surface area contributed by atoms with Crippen molar-refractivity contribution >= 4 is 0 Å². The third-order valence-electron chi connectivity index (χ3n) is 5.99. The number of aryl methyl sites for hydroxylation is 1. The molecule has 0 radical (unpaired) electrons. The number of aliphatic hydroxyl groups excluding tert-OH is 1. The third kappa shape index (κ3) is 4.17. The Labute approximate surface area is 156 Å². The zero-order chi connectivity index (χ0) is 17.9. The Morgan fingerprint density at radius 1 is 1.15 bits per heavy atom. The zero-order valence-electron chi connectivity index (χ0n) is 15.6. The van der Waals surface area contributed by atoms with E-state index >= 15 is 0 Å². The Balaban J connectivity index is 1.27. The summed E-state index contributed by atoms with van der Waals surface area (Å²) in [6, 6.07) is 13.5. The summed E-state index contributed by atoms with van der Waals surface area (Å²) in [6.45, 7) is 7.19. The Kier molecular flexibility index (Phi) is 5.38. The van der Waals surface area contributed by atoms with Crippen molar-refractivity contribution in [2.24, 2.45) is 5.92 Å². The molecule has 2 aliphatic heterocycles. The molecule has 0 aliphatic carbocycles. The van der Waals surface area contributed by atoms with Gasteiger partial charge in [0.05, 0.1) is 11.8 Å². The number of β-amino-alcohol motifs (C(OH)–C–C–N with tert-alkyl or cyclic N) is 1. The minimum Gasteiger partial charge on any atom is -0.391 e. The summed E-state index contributed by atoms with van der Waals surface area (Å²) in [5.41, 5.74) is 3.57. The molecule has 26 heavy (non-hydrogen) atoms. The molecule has 1 aromatic heterocycles. The fourth-order valence-electron chi connectivity index (χ4n) is 4.52. The Bertz CT molecular complexity index is 693. The molecule has 2 fully saturated rings. The van der Waals surface area contributed by atoms with E-state index in [0.717, 1.165) is 50.5 Å². The van der Waals surface area contributed by atoms with E-state index in [1.807, 2.05) is 6.92 Å². The molecule has 2 N–H and O–H groups in total. The van der Waals surface area contributed by atoms with Crippen LogP contribution in [0.15, 0.2) is 36.4 Å². The molecule has 0 amide bonds. The van der Waals surface area contributed by atoms with Gasteiger partial charge in [0.15, 0.2) is 0 Å². The Hall–Kier alpha value is -1.69. The smallest absolute Gasteiger partial charge is 0.0711 e. The number of hydrogen-bond donors (Lipinski definition) is 2. The summed E-state index contributed by atoms with van der Waals surface area (Å²) < 4.78 is 0. The number of aromatic nitrogens is 2. The largest absolute Gasteiger partial charge is 0.391 e. The number of likely N-dealkylation sites (tertiary alicyclic amines) is 2. The van der Waals surface area contributed by atoms with Crippen LogP contribution >= 0.6 is 0 Å². The number of benzene rings is 1. The van der Waals surface area contributed by atoms with E-state index in [-0.39, 0.29) is 6.10 Å². The summed E-state index contributed by atoms with van der Waals surface area (Å²) in [4.78, 5) is 5.08. The van der Waals surface area contributed by atoms with E-state index in [1.165, 1.54) is 18.4 Å². The highest BCUT2D eigenvalue weighted by Crippen LogP contribution is 2.27. The van der Waals surface area contributed by atoms with Gasteiger partial charge in [0.1, 0.15) is 0 Å². The van der Waals surface area contributed by atoms with Crippen molar-refractivity contribution in [1.82, 2.24) is 20.0 Å². The van der Waals surface area contributed by atoms with Crippen LogP contribution in [0.3, 0.4) is 0 Å². The molecule has 2 aliphatic rings. The van der Waals surface area contributed by atoms with Crippen LogP contribution in [-0.4, -0.2) is 63.4 Å². The van der Waals surface area contributed by atoms with Crippen molar-refractivity contribution in [3.8, 4) is 0 Å². The number of H-pyrrole nitrogens is 1. The second-order valence-corrected chi connectivity index (χ2v) is 8.02. The van der Waals surface area contributed by atoms with Crippen molar-refractivity contribution in [3.63, 3.8) is 0 Å². The van der Waals surface area contributed by atoms with Gasteiger partial charge >= 0.3 is 0 Å². The van der Waals surface area contributed by atoms with Crippen LogP contribution < -0.4 is 0 Å². The van der Waals surface area contributed by atoms with E-state index in [4.69, 9.17) is 0 Å². The van der Waals surface area contributed by atoms with E-state index in [9.17, 15) is 5.11 Å². The first-order chi connectivity index (χ1) is 12.7. The van der Waals surface area contributed by atoms with Gasteiger partial charge in [0.25, 0.3) is 0 Å². The van der Waals surface area contributed by atoms with E-state index in [2.05, 4.69) is 56.4 Å². The molecular formula is C21H30N4O. The molecule has 5 nitrogen and oxygen atoms in total. The second kappa shape index (κ2) is 7.91. The standard InChI is InChI=1S/C21H30N4O/c1-16-11-19(23-22-16)12-18-14-25(15-21(18)26)20-7-9-24(10-8-20)13-17-5-3-2-4-6-17/h2-6,11,18,20-21,26H,7-10,12-15H2,1H3,(H,22,23)/t18-,21-/m1/s1. The quantitative estimate of drug-likeness (QED) is 0.864. The van der Waals surface area contributed by atoms with Gasteiger partial charge in [-0.2, -0.15) is 5.10 Å². The van der Waals surface area contributed by atoms with Crippen molar-refractivity contribution in [3.05, 3.63) is 53.3 Å². The minimum atomic E-state index is -0.227. The molecule has 3 heterocycles. The van der Waals surface area contributed by atoms with Gasteiger partial charge in [-0.25, -0.2) is 0 Å². The van der Waals surface area contributed by atoms with Crippen LogP contribution in [0.2, 0.25) is 0 Å². The number of hydrogen-bond acceptors (Lipinski definition) is 4. The maximum absolute atomic E-state index is 10.5. The molecule has 140 valence electrons. The molecule has 5 heteroatoms. The molecule has 0 bridgehead atoms. The van der Waals surface area contributed by atoms with Gasteiger partial charge in [-0.15, -0.1) is 0 Å². The van der Waals surface area contributed by atoms with Crippen LogP contribution in [0.5, 0.6) is 0 Å². The first-order valence-electron chi connectivity index (χ1n) is 9.86. The van der Waals surface area contributed by atoms with Gasteiger partial charge in [0.2, 0.25) is 0 Å². The first-order valence-corrected chi connectivity index (χ1v) is 9.86. The molecule has 4 rings (SSSR count). The molecule has 2 saturated heterocycles. The van der Waals surface area contributed by atoms with Crippen molar-refractivity contribution in [1.29, 1.82) is 0 Å². The average Bonchev–Trinajstić information content (AvgIpc) is 3.23. The second-order valence-electron chi connectivity index (χ2n) is 8.02. The lowest BCUT2D eigenvalue weighted by molar-refractivity contribution is 0.104. The number of piperidine rings is 1. The van der Waals surface area contributed by atoms with E-state index in [1.54, 1.807) is 0 Å². The lowest BCUT2D eigenvalue weighted by Crippen LogP contribution is -2.44. The van der Waals surface area contributed by atoms with Crippen LogP contribution in [0.4, 0.5) is 0 Å². The van der Waals surface area contributed by atoms with Crippen LogP contribution in [0, 0.1) is 12.8 Å². The van der Waals surface area contributed by atoms with Crippen LogP contribution in [0.1, 0.15) is 29.8 Å². The van der Waals surface area contributed by atoms with Crippen molar-refractivity contribution < 1.29 is 5.11 Å². The molecule has 0 unspecified atom stereocenters. The lowest BCUT2D eigenvalue weighted by atomic mass is 10.00. The number of aromatic amines is 1. The highest BCUT2D eigenvalue weighted by atomic mass is 16.3. The number of nitrogens with zero attached hydrogens (tertiary/aromatic N) is 3. The molecule has 2 atom stereocenters. The maximum Gasteiger partial charge on any atom is 0.0711 e. The van der Waals surface area contributed by atoms with E-state index in [0.29, 0.717) is 12.0 Å². The predicted octanol–water partition coefficient (Wildman–Crippen LogP) is 2.22. The summed E-state index contributed by atoms with van der Waals surface area (Å²) in [5.74, 6) is 0.306. The van der Waals surface area contributed by atoms with Gasteiger partial charge < -0.3 is 5.11 Å². The van der Waals surface area contributed by atoms with Gasteiger partial charge in [-0.1, -0.05) is 30.3 Å². The first kappa shape index (κ1) is 17.7. The molecule has 0 spiro atoms. The highest BCUT2D eigenvalue weighted by Gasteiger charge is 2.36. The molecular weight excluding hydrogens is 324 g/mol. The fourth-order valence-corrected chi connectivity index (χ4v) is 4.52. The zero-order valence-corrected chi connectivity index (χ0v) is 15.6. The molecule has 0 saturated carbocycles. The highest BCUT2D eigenvalue weighted by molar-refractivity contribution is 5.14. The fraction of sp³-hybridized carbons (Fsp3) is 0.571. The van der Waals surface area contributed by atoms with E-state index < -0.39 is 0 Å². The normalized spacial score (nSPS) is 25.8. The summed E-state index contributed by atoms with van der Waals surface area (Å²) >= 11 is 0. The van der Waals surface area contributed by atoms with Crippen molar-refractivity contribution in [2.75, 3.05) is 26.2 Å². The van der Waals surface area contributed by atoms with Gasteiger partial charge in [-0.3, -0.25) is 14.9 Å². The Morgan fingerprint density at radius 2 is 1.92 bits per heavy atom. The third-order valence-corrected chi connectivity index (χ3v) is 5.99. The summed E-state index contributed by atoms with van der Waals surface area (Å²) in [5, 5.41) is 17.9. The molecule has 2 aromatic rings. The monoisotopic (exact) mass is 354 g/mol. The minimum absolute atomic E-state index is 0.227. The number of nitrogens with one attached hydrogen (secondary N) is 1. The summed E-state index contributed by atoms with van der Waals surface area (Å²) in [7, 11) is 0. The van der Waals surface area contributed by atoms with Crippen LogP contribution in [0.25, 0.3) is 0 Å².